The van der Waals surface area contributed by atoms with Crippen molar-refractivity contribution in [2.24, 2.45) is 17.8 Å². The number of benzene rings is 3. The van der Waals surface area contributed by atoms with Gasteiger partial charge in [0.2, 0.25) is 5.43 Å². The summed E-state index contributed by atoms with van der Waals surface area (Å²) in [6, 6.07) is 5.05. The van der Waals surface area contributed by atoms with Crippen molar-refractivity contribution in [1.82, 2.24) is 9.88 Å². The Morgan fingerprint density at radius 1 is 1.05 bits per heavy atom. The number of ketones is 1. The third kappa shape index (κ3) is 7.80. The number of aromatic nitrogens is 1. The lowest BCUT2D eigenvalue weighted by Crippen LogP contribution is -2.46. The monoisotopic (exact) mass is 855 g/mol. The maximum absolute atomic E-state index is 14.8. The molecule has 62 heavy (non-hydrogen) atoms. The minimum atomic E-state index is -2.04. The van der Waals surface area contributed by atoms with Crippen molar-refractivity contribution in [1.29, 1.82) is 0 Å². The van der Waals surface area contributed by atoms with E-state index in [1.54, 1.807) is 44.2 Å². The van der Waals surface area contributed by atoms with Crippen LogP contribution in [-0.2, 0) is 28.5 Å². The summed E-state index contributed by atoms with van der Waals surface area (Å²) in [6.45, 7) is 12.1. The van der Waals surface area contributed by atoms with Crippen molar-refractivity contribution >= 4 is 45.2 Å². The second-order valence-corrected chi connectivity index (χ2v) is 16.7. The highest BCUT2D eigenvalue weighted by Gasteiger charge is 2.51. The summed E-state index contributed by atoms with van der Waals surface area (Å²) >= 11 is 0. The predicted octanol–water partition coefficient (Wildman–Crippen LogP) is 5.66. The van der Waals surface area contributed by atoms with Gasteiger partial charge in [0.1, 0.15) is 53.0 Å². The van der Waals surface area contributed by atoms with Crippen molar-refractivity contribution in [2.45, 2.75) is 84.8 Å². The van der Waals surface area contributed by atoms with E-state index in [1.165, 1.54) is 40.2 Å². The Hall–Kier alpha value is -5.81. The minimum Gasteiger partial charge on any atom is -0.507 e. The van der Waals surface area contributed by atoms with E-state index < -0.39 is 71.1 Å². The minimum absolute atomic E-state index is 0.0285. The second kappa shape index (κ2) is 17.2. The Labute approximate surface area is 358 Å². The van der Waals surface area contributed by atoms with Gasteiger partial charge in [-0.25, -0.2) is 4.98 Å². The van der Waals surface area contributed by atoms with E-state index in [0.29, 0.717) is 18.9 Å². The summed E-state index contributed by atoms with van der Waals surface area (Å²) in [4.78, 5) is 62.7. The Kier molecular flexibility index (Phi) is 12.2. The van der Waals surface area contributed by atoms with Crippen LogP contribution in [0, 0.1) is 24.7 Å². The van der Waals surface area contributed by atoms with Gasteiger partial charge in [0.05, 0.1) is 35.5 Å². The normalized spacial score (nSPS) is 29.8. The van der Waals surface area contributed by atoms with E-state index in [1.807, 2.05) is 38.9 Å². The van der Waals surface area contributed by atoms with Gasteiger partial charge in [0.25, 0.3) is 11.7 Å². The molecule has 3 N–H and O–H groups in total. The molecule has 16 nitrogen and oxygen atoms in total. The number of carbonyl (C=O) groups is 3. The first-order valence-electron chi connectivity index (χ1n) is 20.5. The standard InChI is InChI=1S/C46H53N3O13/c1-21-13-11-14-22(2)45(55)48-35-38(53)31-30(34-42(35)60-29-16-12-15-28(33(29)47-34)57-20-18-49(8)9)32-40(24(4)36(31)51)62-46(7,44(32)54)58-19-17-27(56-10)23(3)41(59-26(6)50)43-37(52)25(5)39(21)61-43/h11-17,19,21,23,25,27,37,39,41,43,51-52H,18,20H2,1-10H3,(H,48,55)/b13-11+,19-17+,22-14-/t21-,23+,25-,27-,37+,39-,41+,43+,46-/m0/s1. The number of anilines is 1. The number of ether oxygens (including phenoxy) is 6. The van der Waals surface area contributed by atoms with Gasteiger partial charge in [-0.1, -0.05) is 45.1 Å². The highest BCUT2D eigenvalue weighted by atomic mass is 16.7. The van der Waals surface area contributed by atoms with Gasteiger partial charge in [0, 0.05) is 61.8 Å². The van der Waals surface area contributed by atoms with Crippen molar-refractivity contribution in [2.75, 3.05) is 39.7 Å². The van der Waals surface area contributed by atoms with E-state index in [2.05, 4.69) is 5.32 Å². The lowest BCUT2D eigenvalue weighted by Gasteiger charge is -2.33. The molecule has 9 atom stereocenters. The Balaban J connectivity index is 1.45. The zero-order chi connectivity index (χ0) is 44.9. The van der Waals surface area contributed by atoms with Crippen LogP contribution < -0.4 is 20.2 Å². The number of hydrogen-bond acceptors (Lipinski definition) is 15. The Morgan fingerprint density at radius 3 is 2.48 bits per heavy atom. The number of aliphatic hydroxyl groups excluding tert-OH is 1. The maximum Gasteiger partial charge on any atom is 0.312 e. The van der Waals surface area contributed by atoms with Crippen LogP contribution >= 0.6 is 0 Å². The first-order valence-corrected chi connectivity index (χ1v) is 20.5. The molecule has 8 rings (SSSR count). The molecule has 1 saturated heterocycles. The zero-order valence-corrected chi connectivity index (χ0v) is 36.4. The summed E-state index contributed by atoms with van der Waals surface area (Å²) < 4.78 is 43.0. The summed E-state index contributed by atoms with van der Waals surface area (Å²) in [7, 11) is 5.27. The lowest BCUT2D eigenvalue weighted by molar-refractivity contribution is -0.168. The fourth-order valence-corrected chi connectivity index (χ4v) is 8.43. The predicted molar refractivity (Wildman–Crippen MR) is 228 cm³/mol. The first-order chi connectivity index (χ1) is 29.4. The highest BCUT2D eigenvalue weighted by molar-refractivity contribution is 6.22. The molecule has 0 radical (unpaired) electrons. The number of methoxy groups -OCH3 is 1. The molecule has 1 aliphatic carbocycles. The number of rotatable bonds is 6. The van der Waals surface area contributed by atoms with Crippen LogP contribution in [0.2, 0.25) is 0 Å². The van der Waals surface area contributed by atoms with E-state index in [-0.39, 0.29) is 73.3 Å². The van der Waals surface area contributed by atoms with Gasteiger partial charge in [-0.3, -0.25) is 19.2 Å². The molecule has 330 valence electrons. The maximum atomic E-state index is 14.8. The average molecular weight is 856 g/mol. The molecule has 2 aromatic carbocycles. The number of para-hydroxylation sites is 1. The number of esters is 1. The number of nitrogens with zero attached hydrogens (tertiary/aromatic N) is 2. The molecule has 6 aliphatic rings. The quantitative estimate of drug-likeness (QED) is 0.122. The summed E-state index contributed by atoms with van der Waals surface area (Å²) in [5.41, 5.74) is -0.519. The van der Waals surface area contributed by atoms with Gasteiger partial charge in [0.15, 0.2) is 11.3 Å². The molecular weight excluding hydrogens is 803 g/mol. The molecule has 1 amide bonds. The summed E-state index contributed by atoms with van der Waals surface area (Å²) in [6.07, 6.45) is 3.60. The third-order valence-corrected chi connectivity index (χ3v) is 12.0. The number of phenols is 1. The average Bonchev–Trinajstić information content (AvgIpc) is 3.67. The molecule has 0 saturated carbocycles. The molecule has 7 bridgehead atoms. The number of fused-ring (bicyclic) bond motifs is 9. The van der Waals surface area contributed by atoms with Gasteiger partial charge in [-0.2, -0.15) is 0 Å². The summed E-state index contributed by atoms with van der Waals surface area (Å²) in [5.74, 6) is -5.62. The molecule has 5 aliphatic heterocycles. The van der Waals surface area contributed by atoms with Crippen molar-refractivity contribution in [3.05, 3.63) is 75.7 Å². The number of allylic oxidation sites excluding steroid dienone is 2. The van der Waals surface area contributed by atoms with Crippen molar-refractivity contribution in [3.63, 3.8) is 0 Å². The van der Waals surface area contributed by atoms with Gasteiger partial charge < -0.3 is 53.3 Å². The third-order valence-electron chi connectivity index (χ3n) is 12.0. The number of Topliss-reactive ketones (excluding diaryl/α,β-unsaturated/α-hetero) is 1. The number of aliphatic hydroxyl groups is 1. The van der Waals surface area contributed by atoms with Crippen molar-refractivity contribution in [3.8, 4) is 28.7 Å². The van der Waals surface area contributed by atoms with Crippen LogP contribution in [0.5, 0.6) is 17.2 Å². The van der Waals surface area contributed by atoms with E-state index >= 15 is 0 Å². The number of phenolic OH excluding ortho intramolecular Hbond substituents is 1. The molecule has 2 aromatic rings. The van der Waals surface area contributed by atoms with E-state index in [9.17, 15) is 29.4 Å². The SMILES string of the molecule is CO[C@H]1/C=C/O[C@@]2(C)Oc3c(C)c(O)c4c(=O)c(c5oc6cccc(OCCN(C)C)c6nc-5c4c3C2=O)NC(=O)/C(C)=C\C=C\[C@H](C)[C@@H]2O[C@H]([C@H](O)[C@@H]2C)[C@H](OC(C)=O)[C@@H]1C. The van der Waals surface area contributed by atoms with Crippen LogP contribution in [0.25, 0.3) is 33.3 Å². The van der Waals surface area contributed by atoms with Crippen LogP contribution in [0.1, 0.15) is 57.5 Å². The van der Waals surface area contributed by atoms with Gasteiger partial charge in [-0.05, 0) is 46.2 Å². The zero-order valence-electron chi connectivity index (χ0n) is 36.4. The van der Waals surface area contributed by atoms with Crippen molar-refractivity contribution < 1.29 is 57.4 Å². The number of amides is 1. The van der Waals surface area contributed by atoms with Crippen LogP contribution in [0.3, 0.4) is 0 Å². The number of carbonyl (C=O) groups excluding carboxylic acids is 3. The van der Waals surface area contributed by atoms with Crippen LogP contribution in [0.15, 0.2) is 63.6 Å². The molecule has 5 heterocycles. The molecule has 1 fully saturated rings. The lowest BCUT2D eigenvalue weighted by atomic mass is 9.86. The Bertz CT molecular complexity index is 2560. The Morgan fingerprint density at radius 2 is 1.79 bits per heavy atom. The van der Waals surface area contributed by atoms with Gasteiger partial charge >= 0.3 is 11.8 Å². The number of hydrogen-bond donors (Lipinski definition) is 3. The fourth-order valence-electron chi connectivity index (χ4n) is 8.43. The molecule has 0 aromatic heterocycles. The first kappa shape index (κ1) is 44.3. The van der Waals surface area contributed by atoms with Gasteiger partial charge in [-0.15, -0.1) is 0 Å². The molecular formula is C46H53N3O13. The number of aromatic hydroxyl groups is 1. The molecule has 16 heteroatoms. The smallest absolute Gasteiger partial charge is 0.312 e. The summed E-state index contributed by atoms with van der Waals surface area (Å²) in [5, 5.41) is 25.6. The van der Waals surface area contributed by atoms with E-state index in [0.717, 1.165) is 0 Å². The number of likely N-dealkylation sites (N-methyl/N-ethyl adjacent to an activating group) is 1. The topological polar surface area (TPSA) is 205 Å². The highest BCUT2D eigenvalue weighted by Crippen LogP contribution is 2.51. The van der Waals surface area contributed by atoms with E-state index in [4.69, 9.17) is 37.8 Å². The second-order valence-electron chi connectivity index (χ2n) is 16.7. The molecule has 0 unspecified atom stereocenters. The van der Waals surface area contributed by atoms with Crippen LogP contribution in [0.4, 0.5) is 5.69 Å². The largest absolute Gasteiger partial charge is 0.507 e. The fraction of sp³-hybridized carbons (Fsp3) is 0.457. The number of nitrogens with one attached hydrogen (secondary N) is 1. The molecule has 0 spiro atoms. The van der Waals surface area contributed by atoms with Crippen LogP contribution in [-0.4, -0.2) is 108 Å².